The molecule has 9 heteroatoms. The minimum Gasteiger partial charge on any atom is -0.376 e. The summed E-state index contributed by atoms with van der Waals surface area (Å²) < 4.78 is 69.1. The average molecular weight is 415 g/mol. The first-order chi connectivity index (χ1) is 13.0. The maximum Gasteiger partial charge on any atom is 0.534 e. The van der Waals surface area contributed by atoms with Crippen LogP contribution in [0.15, 0.2) is 48.5 Å². The Hall–Kier alpha value is -2.26. The Morgan fingerprint density at radius 1 is 0.929 bits per heavy atom. The van der Waals surface area contributed by atoms with Crippen molar-refractivity contribution in [3.63, 3.8) is 0 Å². The topological polar surface area (TPSA) is 55.8 Å². The Morgan fingerprint density at radius 2 is 1.39 bits per heavy atom. The molecule has 0 bridgehead atoms. The molecule has 0 amide bonds. The Kier molecular flexibility index (Phi) is 5.58. The number of hydrogen-bond acceptors (Lipinski definition) is 5. The maximum atomic E-state index is 12.4. The number of alkyl halides is 3. The van der Waals surface area contributed by atoms with Gasteiger partial charge in [0.05, 0.1) is 12.2 Å². The van der Waals surface area contributed by atoms with Gasteiger partial charge in [-0.1, -0.05) is 24.3 Å². The molecule has 0 spiro atoms. The minimum absolute atomic E-state index is 0.143. The van der Waals surface area contributed by atoms with Gasteiger partial charge < -0.3 is 13.8 Å². The standard InChI is InChI=1S/C19H20F3NO4S/c1-13-11-23(12-14(2)26-13)17-7-3-15(4-8-17)16-5-9-18(10-6-16)27-28(24,25)19(20,21)22/h3-10,13-14H,11-12H2,1-2H3. The fourth-order valence-electron chi connectivity index (χ4n) is 3.13. The molecule has 0 radical (unpaired) electrons. The quantitative estimate of drug-likeness (QED) is 0.554. The Morgan fingerprint density at radius 3 is 1.86 bits per heavy atom. The first-order valence-corrected chi connectivity index (χ1v) is 10.1. The van der Waals surface area contributed by atoms with Crippen molar-refractivity contribution in [2.24, 2.45) is 0 Å². The van der Waals surface area contributed by atoms with E-state index in [0.717, 1.165) is 29.9 Å². The second-order valence-corrected chi connectivity index (χ2v) is 8.25. The number of morpholine rings is 1. The van der Waals surface area contributed by atoms with Gasteiger partial charge in [0.2, 0.25) is 0 Å². The maximum absolute atomic E-state index is 12.4. The van der Waals surface area contributed by atoms with Gasteiger partial charge in [0.1, 0.15) is 5.75 Å². The van der Waals surface area contributed by atoms with Gasteiger partial charge in [0, 0.05) is 18.8 Å². The van der Waals surface area contributed by atoms with E-state index in [1.165, 1.54) is 24.3 Å². The summed E-state index contributed by atoms with van der Waals surface area (Å²) in [6.07, 6.45) is 0.285. The van der Waals surface area contributed by atoms with E-state index in [0.29, 0.717) is 0 Å². The Labute approximate surface area is 161 Å². The van der Waals surface area contributed by atoms with Crippen LogP contribution in [0.25, 0.3) is 11.1 Å². The lowest BCUT2D eigenvalue weighted by Crippen LogP contribution is -2.45. The van der Waals surface area contributed by atoms with E-state index in [9.17, 15) is 21.6 Å². The summed E-state index contributed by atoms with van der Waals surface area (Å²) in [6.45, 7) is 5.64. The van der Waals surface area contributed by atoms with E-state index in [1.54, 1.807) is 0 Å². The van der Waals surface area contributed by atoms with Crippen molar-refractivity contribution in [2.45, 2.75) is 31.6 Å². The van der Waals surface area contributed by atoms with Gasteiger partial charge in [-0.15, -0.1) is 0 Å². The number of ether oxygens (including phenoxy) is 1. The van der Waals surface area contributed by atoms with Crippen LogP contribution >= 0.6 is 0 Å². The molecule has 152 valence electrons. The first-order valence-electron chi connectivity index (χ1n) is 8.67. The largest absolute Gasteiger partial charge is 0.534 e. The molecule has 1 aliphatic rings. The van der Waals surface area contributed by atoms with Crippen LogP contribution in [0.3, 0.4) is 0 Å². The summed E-state index contributed by atoms with van der Waals surface area (Å²) in [5, 5.41) is 0. The fourth-order valence-corrected chi connectivity index (χ4v) is 3.59. The third-order valence-electron chi connectivity index (χ3n) is 4.33. The number of anilines is 1. The third-order valence-corrected chi connectivity index (χ3v) is 5.31. The minimum atomic E-state index is -5.67. The summed E-state index contributed by atoms with van der Waals surface area (Å²) >= 11 is 0. The molecule has 2 aromatic carbocycles. The molecule has 1 fully saturated rings. The van der Waals surface area contributed by atoms with Gasteiger partial charge in [-0.2, -0.15) is 21.6 Å². The average Bonchev–Trinajstić information content (AvgIpc) is 2.60. The summed E-state index contributed by atoms with van der Waals surface area (Å²) in [7, 11) is -5.67. The molecule has 2 unspecified atom stereocenters. The van der Waals surface area contributed by atoms with Crippen LogP contribution < -0.4 is 9.08 Å². The molecule has 1 saturated heterocycles. The molecule has 28 heavy (non-hydrogen) atoms. The van der Waals surface area contributed by atoms with Gasteiger partial charge in [0.15, 0.2) is 0 Å². The fraction of sp³-hybridized carbons (Fsp3) is 0.368. The number of hydrogen-bond donors (Lipinski definition) is 0. The second kappa shape index (κ2) is 7.63. The summed E-state index contributed by atoms with van der Waals surface area (Å²) in [4.78, 5) is 2.24. The van der Waals surface area contributed by atoms with E-state index in [1.807, 2.05) is 38.1 Å². The van der Waals surface area contributed by atoms with Gasteiger partial charge in [0.25, 0.3) is 0 Å². The van der Waals surface area contributed by atoms with Crippen LogP contribution in [0.2, 0.25) is 0 Å². The van der Waals surface area contributed by atoms with Crippen molar-refractivity contribution in [1.82, 2.24) is 0 Å². The zero-order valence-corrected chi connectivity index (χ0v) is 16.1. The smallest absolute Gasteiger partial charge is 0.376 e. The lowest BCUT2D eigenvalue weighted by Gasteiger charge is -2.36. The lowest BCUT2D eigenvalue weighted by atomic mass is 10.0. The number of nitrogens with zero attached hydrogens (tertiary/aromatic N) is 1. The molecule has 0 N–H and O–H groups in total. The van der Waals surface area contributed by atoms with Crippen LogP contribution in [-0.4, -0.2) is 39.2 Å². The molecular formula is C19H20F3NO4S. The van der Waals surface area contributed by atoms with Crippen LogP contribution in [-0.2, 0) is 14.9 Å². The van der Waals surface area contributed by atoms with Crippen molar-refractivity contribution in [3.05, 3.63) is 48.5 Å². The van der Waals surface area contributed by atoms with E-state index in [4.69, 9.17) is 4.74 Å². The van der Waals surface area contributed by atoms with E-state index >= 15 is 0 Å². The highest BCUT2D eigenvalue weighted by Gasteiger charge is 2.48. The molecule has 3 rings (SSSR count). The van der Waals surface area contributed by atoms with Crippen molar-refractivity contribution >= 4 is 15.8 Å². The number of halogens is 3. The highest BCUT2D eigenvalue weighted by molar-refractivity contribution is 7.88. The normalized spacial score (nSPS) is 20.8. The van der Waals surface area contributed by atoms with E-state index in [-0.39, 0.29) is 12.2 Å². The number of rotatable bonds is 4. The molecule has 2 aromatic rings. The summed E-state index contributed by atoms with van der Waals surface area (Å²) in [5.41, 5.74) is -2.83. The SMILES string of the molecule is CC1CN(c2ccc(-c3ccc(OS(=O)(=O)C(F)(F)F)cc3)cc2)CC(C)O1. The zero-order chi connectivity index (χ0) is 20.5. The van der Waals surface area contributed by atoms with Gasteiger partial charge >= 0.3 is 15.6 Å². The van der Waals surface area contributed by atoms with Gasteiger partial charge in [-0.3, -0.25) is 0 Å². The highest BCUT2D eigenvalue weighted by atomic mass is 32.2. The molecule has 1 aliphatic heterocycles. The van der Waals surface area contributed by atoms with E-state index < -0.39 is 21.4 Å². The number of benzene rings is 2. The Balaban J connectivity index is 1.72. The van der Waals surface area contributed by atoms with Crippen molar-refractivity contribution in [3.8, 4) is 16.9 Å². The summed E-state index contributed by atoms with van der Waals surface area (Å²) in [6, 6.07) is 13.2. The predicted octanol–water partition coefficient (Wildman–Crippen LogP) is 4.20. The van der Waals surface area contributed by atoms with Crippen molar-refractivity contribution in [1.29, 1.82) is 0 Å². The molecule has 5 nitrogen and oxygen atoms in total. The zero-order valence-electron chi connectivity index (χ0n) is 15.3. The van der Waals surface area contributed by atoms with E-state index in [2.05, 4.69) is 9.08 Å². The monoisotopic (exact) mass is 415 g/mol. The third kappa shape index (κ3) is 4.59. The molecule has 0 aliphatic carbocycles. The van der Waals surface area contributed by atoms with Crippen LogP contribution in [0.5, 0.6) is 5.75 Å². The molecule has 2 atom stereocenters. The molecular weight excluding hydrogens is 395 g/mol. The van der Waals surface area contributed by atoms with Crippen LogP contribution in [0, 0.1) is 0 Å². The lowest BCUT2D eigenvalue weighted by molar-refractivity contribution is -0.0500. The Bertz CT molecular complexity index is 902. The second-order valence-electron chi connectivity index (χ2n) is 6.72. The van der Waals surface area contributed by atoms with Crippen LogP contribution in [0.4, 0.5) is 18.9 Å². The molecule has 1 heterocycles. The predicted molar refractivity (Wildman–Crippen MR) is 99.7 cm³/mol. The van der Waals surface area contributed by atoms with Gasteiger partial charge in [-0.05, 0) is 49.2 Å². The van der Waals surface area contributed by atoms with Crippen LogP contribution in [0.1, 0.15) is 13.8 Å². The highest BCUT2D eigenvalue weighted by Crippen LogP contribution is 2.30. The molecule has 0 saturated carbocycles. The van der Waals surface area contributed by atoms with Crippen molar-refractivity contribution in [2.75, 3.05) is 18.0 Å². The first kappa shape index (κ1) is 20.5. The summed E-state index contributed by atoms with van der Waals surface area (Å²) in [5.74, 6) is -0.394. The van der Waals surface area contributed by atoms with Crippen molar-refractivity contribution < 1.29 is 30.5 Å². The molecule has 0 aromatic heterocycles. The van der Waals surface area contributed by atoms with Gasteiger partial charge in [-0.25, -0.2) is 0 Å².